The van der Waals surface area contributed by atoms with E-state index >= 15 is 0 Å². The van der Waals surface area contributed by atoms with Crippen LogP contribution in [0, 0.1) is 10.1 Å². The van der Waals surface area contributed by atoms with Crippen LogP contribution in [0.1, 0.15) is 32.1 Å². The van der Waals surface area contributed by atoms with Gasteiger partial charge >= 0.3 is 11.7 Å². The Morgan fingerprint density at radius 2 is 2.35 bits per heavy atom. The van der Waals surface area contributed by atoms with Crippen LogP contribution < -0.4 is 0 Å². The van der Waals surface area contributed by atoms with Crippen molar-refractivity contribution in [2.75, 3.05) is 0 Å². The van der Waals surface area contributed by atoms with Crippen molar-refractivity contribution in [2.45, 2.75) is 44.8 Å². The molecule has 0 aromatic carbocycles. The zero-order valence-electron chi connectivity index (χ0n) is 10.9. The SMILES string of the molecule is O=C(CCn1cc([N+](=O)[O-])cn1)OC1CCCCC1=O. The van der Waals surface area contributed by atoms with Gasteiger partial charge in [-0.1, -0.05) is 0 Å². The first-order valence-electron chi connectivity index (χ1n) is 6.45. The van der Waals surface area contributed by atoms with Crippen molar-refractivity contribution in [3.05, 3.63) is 22.5 Å². The van der Waals surface area contributed by atoms with E-state index < -0.39 is 17.0 Å². The van der Waals surface area contributed by atoms with Gasteiger partial charge in [0, 0.05) is 6.42 Å². The lowest BCUT2D eigenvalue weighted by Crippen LogP contribution is -2.30. The number of carbonyl (C=O) groups is 2. The molecule has 0 saturated heterocycles. The Bertz CT molecular complexity index is 525. The summed E-state index contributed by atoms with van der Waals surface area (Å²) in [5.41, 5.74) is -0.124. The van der Waals surface area contributed by atoms with Crippen LogP contribution in [0.15, 0.2) is 12.4 Å². The van der Waals surface area contributed by atoms with Crippen LogP contribution in [-0.4, -0.2) is 32.6 Å². The van der Waals surface area contributed by atoms with Crippen molar-refractivity contribution >= 4 is 17.4 Å². The van der Waals surface area contributed by atoms with Gasteiger partial charge in [-0.25, -0.2) is 0 Å². The van der Waals surface area contributed by atoms with Gasteiger partial charge in [-0.3, -0.25) is 24.4 Å². The van der Waals surface area contributed by atoms with Gasteiger partial charge in [-0.2, -0.15) is 5.10 Å². The average Bonchev–Trinajstić information content (AvgIpc) is 2.88. The van der Waals surface area contributed by atoms with Crippen LogP contribution in [0.25, 0.3) is 0 Å². The molecule has 1 saturated carbocycles. The highest BCUT2D eigenvalue weighted by Gasteiger charge is 2.25. The van der Waals surface area contributed by atoms with Gasteiger partial charge < -0.3 is 4.74 Å². The maximum atomic E-state index is 11.6. The van der Waals surface area contributed by atoms with Crippen LogP contribution in [0.2, 0.25) is 0 Å². The maximum Gasteiger partial charge on any atom is 0.308 e. The number of Topliss-reactive ketones (excluding diaryl/α,β-unsaturated/α-hetero) is 1. The summed E-state index contributed by atoms with van der Waals surface area (Å²) < 4.78 is 6.42. The van der Waals surface area contributed by atoms with Crippen LogP contribution in [0.4, 0.5) is 5.69 Å². The fourth-order valence-corrected chi connectivity index (χ4v) is 2.07. The zero-order valence-corrected chi connectivity index (χ0v) is 10.9. The van der Waals surface area contributed by atoms with Crippen LogP contribution in [0.3, 0.4) is 0 Å². The number of esters is 1. The van der Waals surface area contributed by atoms with Crippen molar-refractivity contribution in [3.8, 4) is 0 Å². The first-order valence-corrected chi connectivity index (χ1v) is 6.45. The molecule has 8 heteroatoms. The molecule has 0 bridgehead atoms. The summed E-state index contributed by atoms with van der Waals surface area (Å²) in [5, 5.41) is 14.2. The molecular weight excluding hydrogens is 266 g/mol. The largest absolute Gasteiger partial charge is 0.454 e. The van der Waals surface area contributed by atoms with E-state index in [0.717, 1.165) is 19.0 Å². The summed E-state index contributed by atoms with van der Waals surface area (Å²) >= 11 is 0. The first-order chi connectivity index (χ1) is 9.56. The number of hydrogen-bond donors (Lipinski definition) is 0. The van der Waals surface area contributed by atoms with Crippen molar-refractivity contribution in [1.29, 1.82) is 0 Å². The second-order valence-corrected chi connectivity index (χ2v) is 4.66. The molecular formula is C12H15N3O5. The Balaban J connectivity index is 1.79. The minimum absolute atomic E-state index is 0.0284. The van der Waals surface area contributed by atoms with Gasteiger partial charge in [-0.15, -0.1) is 0 Å². The molecule has 108 valence electrons. The molecule has 1 heterocycles. The molecule has 8 nitrogen and oxygen atoms in total. The molecule has 1 fully saturated rings. The number of aryl methyl sites for hydroxylation is 1. The maximum absolute atomic E-state index is 11.6. The van der Waals surface area contributed by atoms with Gasteiger partial charge in [0.25, 0.3) is 0 Å². The molecule has 1 aliphatic rings. The summed E-state index contributed by atoms with van der Waals surface area (Å²) in [5.74, 6) is -0.511. The van der Waals surface area contributed by atoms with E-state index in [1.54, 1.807) is 0 Å². The number of nitro groups is 1. The summed E-state index contributed by atoms with van der Waals surface area (Å²) in [4.78, 5) is 33.1. The molecule has 1 aromatic rings. The second kappa shape index (κ2) is 6.27. The Morgan fingerprint density at radius 3 is 3.00 bits per heavy atom. The molecule has 1 atom stereocenters. The molecule has 0 amide bonds. The quantitative estimate of drug-likeness (QED) is 0.457. The van der Waals surface area contributed by atoms with Crippen molar-refractivity contribution in [1.82, 2.24) is 9.78 Å². The predicted molar refractivity (Wildman–Crippen MR) is 66.9 cm³/mol. The van der Waals surface area contributed by atoms with E-state index in [9.17, 15) is 19.7 Å². The number of ether oxygens (including phenoxy) is 1. The van der Waals surface area contributed by atoms with E-state index in [0.29, 0.717) is 12.8 Å². The smallest absolute Gasteiger partial charge is 0.308 e. The summed E-state index contributed by atoms with van der Waals surface area (Å²) in [6.07, 6.45) is 4.56. The molecule has 0 radical (unpaired) electrons. The fraction of sp³-hybridized carbons (Fsp3) is 0.583. The Labute approximate surface area is 114 Å². The molecule has 0 aliphatic heterocycles. The third-order valence-electron chi connectivity index (χ3n) is 3.15. The third kappa shape index (κ3) is 3.62. The van der Waals surface area contributed by atoms with Gasteiger partial charge in [-0.05, 0) is 19.3 Å². The second-order valence-electron chi connectivity index (χ2n) is 4.66. The molecule has 0 N–H and O–H groups in total. The minimum atomic E-state index is -0.622. The van der Waals surface area contributed by atoms with Crippen LogP contribution in [0.5, 0.6) is 0 Å². The molecule has 2 rings (SSSR count). The molecule has 1 aromatic heterocycles. The monoisotopic (exact) mass is 281 g/mol. The number of ketones is 1. The lowest BCUT2D eigenvalue weighted by molar-refractivity contribution is -0.385. The van der Waals surface area contributed by atoms with E-state index in [2.05, 4.69) is 5.10 Å². The minimum Gasteiger partial charge on any atom is -0.454 e. The third-order valence-corrected chi connectivity index (χ3v) is 3.15. The number of nitrogens with zero attached hydrogens (tertiary/aromatic N) is 3. The highest BCUT2D eigenvalue weighted by molar-refractivity contribution is 5.86. The van der Waals surface area contributed by atoms with Crippen molar-refractivity contribution < 1.29 is 19.2 Å². The topological polar surface area (TPSA) is 104 Å². The van der Waals surface area contributed by atoms with Crippen LogP contribution >= 0.6 is 0 Å². The zero-order chi connectivity index (χ0) is 14.5. The Morgan fingerprint density at radius 1 is 1.55 bits per heavy atom. The lowest BCUT2D eigenvalue weighted by atomic mass is 9.96. The average molecular weight is 281 g/mol. The molecule has 1 unspecified atom stereocenters. The number of rotatable bonds is 5. The van der Waals surface area contributed by atoms with Gasteiger partial charge in [0.05, 0.1) is 17.9 Å². The fourth-order valence-electron chi connectivity index (χ4n) is 2.07. The van der Waals surface area contributed by atoms with E-state index in [-0.39, 0.29) is 24.4 Å². The van der Waals surface area contributed by atoms with Gasteiger partial charge in [0.15, 0.2) is 11.9 Å². The van der Waals surface area contributed by atoms with E-state index in [4.69, 9.17) is 4.74 Å². The number of aromatic nitrogens is 2. The predicted octanol–water partition coefficient (Wildman–Crippen LogP) is 1.24. The molecule has 20 heavy (non-hydrogen) atoms. The summed E-state index contributed by atoms with van der Waals surface area (Å²) in [7, 11) is 0. The van der Waals surface area contributed by atoms with Crippen LogP contribution in [-0.2, 0) is 20.9 Å². The standard InChI is InChI=1S/C12H15N3O5/c16-10-3-1-2-4-11(10)20-12(17)5-6-14-8-9(7-13-14)15(18)19/h7-8,11H,1-6H2. The Hall–Kier alpha value is -2.25. The number of carbonyl (C=O) groups excluding carboxylic acids is 2. The van der Waals surface area contributed by atoms with Crippen molar-refractivity contribution in [2.24, 2.45) is 0 Å². The molecule has 0 spiro atoms. The summed E-state index contributed by atoms with van der Waals surface area (Å²) in [6, 6.07) is 0. The van der Waals surface area contributed by atoms with Gasteiger partial charge in [0.1, 0.15) is 12.4 Å². The Kier molecular flexibility index (Phi) is 4.44. The first kappa shape index (κ1) is 14.2. The molecule has 1 aliphatic carbocycles. The normalized spacial score (nSPS) is 18.8. The van der Waals surface area contributed by atoms with E-state index in [1.165, 1.54) is 10.9 Å². The number of hydrogen-bond acceptors (Lipinski definition) is 6. The van der Waals surface area contributed by atoms with E-state index in [1.807, 2.05) is 0 Å². The lowest BCUT2D eigenvalue weighted by Gasteiger charge is -2.20. The van der Waals surface area contributed by atoms with Crippen molar-refractivity contribution in [3.63, 3.8) is 0 Å². The summed E-state index contributed by atoms with van der Waals surface area (Å²) in [6.45, 7) is 0.188. The highest BCUT2D eigenvalue weighted by atomic mass is 16.6. The van der Waals surface area contributed by atoms with Gasteiger partial charge in [0.2, 0.25) is 0 Å². The highest BCUT2D eigenvalue weighted by Crippen LogP contribution is 2.18.